The van der Waals surface area contributed by atoms with Gasteiger partial charge < -0.3 is 10.2 Å². The molecule has 1 aromatic carbocycles. The van der Waals surface area contributed by atoms with E-state index < -0.39 is 0 Å². The van der Waals surface area contributed by atoms with E-state index in [-0.39, 0.29) is 5.91 Å². The van der Waals surface area contributed by atoms with E-state index in [9.17, 15) is 4.79 Å². The second-order valence-electron chi connectivity index (χ2n) is 4.26. The minimum atomic E-state index is -0.0712. The summed E-state index contributed by atoms with van der Waals surface area (Å²) in [5.74, 6) is -0.0712. The quantitative estimate of drug-likeness (QED) is 0.759. The van der Waals surface area contributed by atoms with Crippen LogP contribution in [-0.2, 0) is 11.3 Å². The van der Waals surface area contributed by atoms with Crippen molar-refractivity contribution in [2.24, 2.45) is 0 Å². The zero-order chi connectivity index (χ0) is 12.7. The maximum absolute atomic E-state index is 11.3. The number of carbonyl (C=O) groups is 1. The van der Waals surface area contributed by atoms with Crippen molar-refractivity contribution in [1.82, 2.24) is 10.2 Å². The molecule has 0 atom stereocenters. The molecule has 3 nitrogen and oxygen atoms in total. The van der Waals surface area contributed by atoms with Crippen molar-refractivity contribution in [2.45, 2.75) is 13.5 Å². The van der Waals surface area contributed by atoms with E-state index in [0.717, 1.165) is 13.1 Å². The van der Waals surface area contributed by atoms with Crippen LogP contribution in [0.2, 0.25) is 0 Å². The molecule has 0 aliphatic carbocycles. The van der Waals surface area contributed by atoms with E-state index in [2.05, 4.69) is 28.9 Å². The van der Waals surface area contributed by atoms with Gasteiger partial charge in [0.05, 0.1) is 0 Å². The summed E-state index contributed by atoms with van der Waals surface area (Å²) in [4.78, 5) is 13.4. The lowest BCUT2D eigenvalue weighted by atomic mass is 10.2. The Kier molecular flexibility index (Phi) is 5.43. The maximum atomic E-state index is 11.3. The molecule has 3 heteroatoms. The van der Waals surface area contributed by atoms with Crippen LogP contribution in [0.5, 0.6) is 0 Å². The zero-order valence-corrected chi connectivity index (χ0v) is 10.6. The van der Waals surface area contributed by atoms with Crippen molar-refractivity contribution in [2.75, 3.05) is 20.1 Å². The summed E-state index contributed by atoms with van der Waals surface area (Å²) in [6.07, 6.45) is 0. The van der Waals surface area contributed by atoms with Gasteiger partial charge in [0.2, 0.25) is 5.91 Å². The van der Waals surface area contributed by atoms with Crippen LogP contribution >= 0.6 is 0 Å². The van der Waals surface area contributed by atoms with Crippen LogP contribution in [0, 0.1) is 0 Å². The molecule has 0 saturated carbocycles. The lowest BCUT2D eigenvalue weighted by molar-refractivity contribution is -0.117. The zero-order valence-electron chi connectivity index (χ0n) is 10.6. The van der Waals surface area contributed by atoms with Gasteiger partial charge >= 0.3 is 0 Å². The van der Waals surface area contributed by atoms with Crippen molar-refractivity contribution in [3.63, 3.8) is 0 Å². The standard InChI is InChI=1S/C14H20N2O/c1-12(2)14(17)15-9-10-16(3)11-13-7-5-4-6-8-13/h4-8H,1,9-11H2,2-3H3,(H,15,17). The summed E-state index contributed by atoms with van der Waals surface area (Å²) in [6.45, 7) is 7.67. The van der Waals surface area contributed by atoms with Gasteiger partial charge in [0.1, 0.15) is 0 Å². The molecule has 0 aromatic heterocycles. The van der Waals surface area contributed by atoms with Gasteiger partial charge in [0, 0.05) is 25.2 Å². The van der Waals surface area contributed by atoms with Crippen LogP contribution in [0.3, 0.4) is 0 Å². The highest BCUT2D eigenvalue weighted by atomic mass is 16.1. The Morgan fingerprint density at radius 2 is 2.00 bits per heavy atom. The summed E-state index contributed by atoms with van der Waals surface area (Å²) in [7, 11) is 2.04. The summed E-state index contributed by atoms with van der Waals surface area (Å²) < 4.78 is 0. The number of likely N-dealkylation sites (N-methyl/N-ethyl adjacent to an activating group) is 1. The normalized spacial score (nSPS) is 10.3. The molecule has 1 amide bonds. The number of carbonyl (C=O) groups excluding carboxylic acids is 1. The van der Waals surface area contributed by atoms with Crippen LogP contribution in [0.25, 0.3) is 0 Å². The number of rotatable bonds is 6. The third-order valence-electron chi connectivity index (χ3n) is 2.46. The number of hydrogen-bond acceptors (Lipinski definition) is 2. The molecule has 0 bridgehead atoms. The van der Waals surface area contributed by atoms with E-state index in [4.69, 9.17) is 0 Å². The Morgan fingerprint density at radius 1 is 1.35 bits per heavy atom. The van der Waals surface area contributed by atoms with Gasteiger partial charge in [0.25, 0.3) is 0 Å². The van der Waals surface area contributed by atoms with Gasteiger partial charge in [-0.25, -0.2) is 0 Å². The Morgan fingerprint density at radius 3 is 2.59 bits per heavy atom. The van der Waals surface area contributed by atoms with Crippen LogP contribution in [0.15, 0.2) is 42.5 Å². The molecule has 92 valence electrons. The minimum Gasteiger partial charge on any atom is -0.351 e. The van der Waals surface area contributed by atoms with Crippen molar-refractivity contribution in [3.8, 4) is 0 Å². The molecule has 0 fully saturated rings. The van der Waals surface area contributed by atoms with E-state index in [1.165, 1.54) is 5.56 Å². The monoisotopic (exact) mass is 232 g/mol. The van der Waals surface area contributed by atoms with Crippen molar-refractivity contribution >= 4 is 5.91 Å². The van der Waals surface area contributed by atoms with Gasteiger partial charge in [-0.3, -0.25) is 4.79 Å². The van der Waals surface area contributed by atoms with Crippen LogP contribution < -0.4 is 5.32 Å². The highest BCUT2D eigenvalue weighted by Crippen LogP contribution is 2.01. The molecule has 0 unspecified atom stereocenters. The molecule has 0 aliphatic heterocycles. The first kappa shape index (κ1) is 13.5. The molecule has 0 heterocycles. The predicted octanol–water partition coefficient (Wildman–Crippen LogP) is 1.81. The molecule has 1 aromatic rings. The molecule has 0 saturated heterocycles. The Balaban J connectivity index is 2.24. The average molecular weight is 232 g/mol. The molecular weight excluding hydrogens is 212 g/mol. The van der Waals surface area contributed by atoms with Gasteiger partial charge in [-0.05, 0) is 19.5 Å². The number of nitrogens with zero attached hydrogens (tertiary/aromatic N) is 1. The number of nitrogens with one attached hydrogen (secondary N) is 1. The molecule has 17 heavy (non-hydrogen) atoms. The minimum absolute atomic E-state index is 0.0712. The van der Waals surface area contributed by atoms with E-state index in [1.54, 1.807) is 6.92 Å². The fraction of sp³-hybridized carbons (Fsp3) is 0.357. The summed E-state index contributed by atoms with van der Waals surface area (Å²) in [5, 5.41) is 2.82. The molecule has 0 spiro atoms. The topological polar surface area (TPSA) is 32.3 Å². The van der Waals surface area contributed by atoms with Crippen molar-refractivity contribution in [3.05, 3.63) is 48.0 Å². The van der Waals surface area contributed by atoms with Gasteiger partial charge in [-0.2, -0.15) is 0 Å². The predicted molar refractivity (Wildman–Crippen MR) is 70.6 cm³/mol. The third-order valence-corrected chi connectivity index (χ3v) is 2.46. The first-order valence-electron chi connectivity index (χ1n) is 5.76. The summed E-state index contributed by atoms with van der Waals surface area (Å²) in [5.41, 5.74) is 1.83. The van der Waals surface area contributed by atoms with Gasteiger partial charge in [-0.1, -0.05) is 36.9 Å². The van der Waals surface area contributed by atoms with E-state index >= 15 is 0 Å². The highest BCUT2D eigenvalue weighted by Gasteiger charge is 2.02. The first-order chi connectivity index (χ1) is 8.09. The molecule has 1 rings (SSSR count). The highest BCUT2D eigenvalue weighted by molar-refractivity contribution is 5.92. The van der Waals surface area contributed by atoms with Crippen LogP contribution in [-0.4, -0.2) is 30.9 Å². The Bertz CT molecular complexity index is 373. The number of hydrogen-bond donors (Lipinski definition) is 1. The van der Waals surface area contributed by atoms with E-state index in [1.807, 2.05) is 25.2 Å². The molecule has 1 N–H and O–H groups in total. The van der Waals surface area contributed by atoms with Gasteiger partial charge in [0.15, 0.2) is 0 Å². The first-order valence-corrected chi connectivity index (χ1v) is 5.76. The average Bonchev–Trinajstić information content (AvgIpc) is 2.30. The Labute approximate surface area is 103 Å². The molecular formula is C14H20N2O. The largest absolute Gasteiger partial charge is 0.351 e. The van der Waals surface area contributed by atoms with Crippen LogP contribution in [0.4, 0.5) is 0 Å². The fourth-order valence-electron chi connectivity index (χ4n) is 1.49. The van der Waals surface area contributed by atoms with Crippen molar-refractivity contribution < 1.29 is 4.79 Å². The number of benzene rings is 1. The van der Waals surface area contributed by atoms with Gasteiger partial charge in [-0.15, -0.1) is 0 Å². The maximum Gasteiger partial charge on any atom is 0.246 e. The molecule has 0 aliphatic rings. The fourth-order valence-corrected chi connectivity index (χ4v) is 1.49. The Hall–Kier alpha value is -1.61. The summed E-state index contributed by atoms with van der Waals surface area (Å²) in [6, 6.07) is 10.3. The van der Waals surface area contributed by atoms with Crippen molar-refractivity contribution in [1.29, 1.82) is 0 Å². The van der Waals surface area contributed by atoms with E-state index in [0.29, 0.717) is 12.1 Å². The number of amides is 1. The molecule has 0 radical (unpaired) electrons. The lowest BCUT2D eigenvalue weighted by Gasteiger charge is -2.16. The SMILES string of the molecule is C=C(C)C(=O)NCCN(C)Cc1ccccc1. The third kappa shape index (κ3) is 5.31. The summed E-state index contributed by atoms with van der Waals surface area (Å²) >= 11 is 0. The smallest absolute Gasteiger partial charge is 0.246 e. The lowest BCUT2D eigenvalue weighted by Crippen LogP contribution is -2.32. The van der Waals surface area contributed by atoms with Crippen LogP contribution in [0.1, 0.15) is 12.5 Å². The second kappa shape index (κ2) is 6.86. The second-order valence-corrected chi connectivity index (χ2v) is 4.26.